The van der Waals surface area contributed by atoms with Gasteiger partial charge in [-0.25, -0.2) is 4.79 Å². The summed E-state index contributed by atoms with van der Waals surface area (Å²) in [4.78, 5) is 24.8. The number of nitrogens with one attached hydrogen (secondary N) is 2. The number of carbonyl (C=O) groups is 2. The third kappa shape index (κ3) is 5.50. The summed E-state index contributed by atoms with van der Waals surface area (Å²) in [5.74, 6) is -0.0500. The summed E-state index contributed by atoms with van der Waals surface area (Å²) >= 11 is 0. The monoisotopic (exact) mass is 387 g/mol. The lowest BCUT2D eigenvalue weighted by Gasteiger charge is -2.33. The van der Waals surface area contributed by atoms with Crippen molar-refractivity contribution in [1.82, 2.24) is 15.2 Å². The second-order valence-electron chi connectivity index (χ2n) is 8.35. The van der Waals surface area contributed by atoms with Crippen LogP contribution in [0.3, 0.4) is 0 Å². The van der Waals surface area contributed by atoms with Crippen molar-refractivity contribution in [2.24, 2.45) is 7.05 Å². The molecule has 28 heavy (non-hydrogen) atoms. The number of nitrogens with zero attached hydrogens (tertiary/aromatic N) is 1. The van der Waals surface area contributed by atoms with Crippen molar-refractivity contribution in [1.29, 1.82) is 0 Å². The first kappa shape index (κ1) is 21.8. The number of aromatic nitrogens is 1. The van der Waals surface area contributed by atoms with E-state index in [0.717, 1.165) is 16.5 Å². The fourth-order valence-corrected chi connectivity index (χ4v) is 3.36. The third-order valence-corrected chi connectivity index (χ3v) is 5.06. The van der Waals surface area contributed by atoms with Crippen molar-refractivity contribution in [2.45, 2.75) is 65.0 Å². The maximum Gasteiger partial charge on any atom is 0.407 e. The highest BCUT2D eigenvalue weighted by Gasteiger charge is 2.30. The number of ether oxygens (including phenoxy) is 1. The number of amides is 2. The summed E-state index contributed by atoms with van der Waals surface area (Å²) in [5, 5.41) is 7.05. The van der Waals surface area contributed by atoms with Crippen molar-refractivity contribution in [3.8, 4) is 0 Å². The van der Waals surface area contributed by atoms with Crippen LogP contribution in [0.5, 0.6) is 0 Å². The van der Waals surface area contributed by atoms with E-state index in [1.54, 1.807) is 0 Å². The van der Waals surface area contributed by atoms with Gasteiger partial charge in [0.25, 0.3) is 0 Å². The van der Waals surface area contributed by atoms with E-state index in [1.807, 2.05) is 76.7 Å². The fraction of sp³-hybridized carbons (Fsp3) is 0.545. The highest BCUT2D eigenvalue weighted by Crippen LogP contribution is 2.21. The minimum Gasteiger partial charge on any atom is -0.444 e. The first-order chi connectivity index (χ1) is 13.1. The number of benzene rings is 1. The Hall–Kier alpha value is -2.50. The Balaban J connectivity index is 2.06. The topological polar surface area (TPSA) is 72.4 Å². The predicted octanol–water partition coefficient (Wildman–Crippen LogP) is 3.92. The Labute approximate surface area is 167 Å². The molecule has 1 heterocycles. The number of aryl methyl sites for hydroxylation is 1. The molecule has 0 bridgehead atoms. The number of alkyl carbamates (subject to hydrolysis) is 1. The fourth-order valence-electron chi connectivity index (χ4n) is 3.36. The van der Waals surface area contributed by atoms with Crippen LogP contribution in [-0.2, 0) is 23.0 Å². The molecule has 0 atom stereocenters. The van der Waals surface area contributed by atoms with Crippen LogP contribution in [0.2, 0.25) is 0 Å². The summed E-state index contributed by atoms with van der Waals surface area (Å²) in [6.07, 6.45) is 3.25. The predicted molar refractivity (Wildman–Crippen MR) is 112 cm³/mol. The maximum absolute atomic E-state index is 12.8. The summed E-state index contributed by atoms with van der Waals surface area (Å²) < 4.78 is 7.34. The summed E-state index contributed by atoms with van der Waals surface area (Å²) in [6.45, 7) is 9.83. The third-order valence-electron chi connectivity index (χ3n) is 5.06. The smallest absolute Gasteiger partial charge is 0.407 e. The number of rotatable bonds is 7. The van der Waals surface area contributed by atoms with Crippen molar-refractivity contribution >= 4 is 22.9 Å². The van der Waals surface area contributed by atoms with E-state index in [4.69, 9.17) is 4.74 Å². The van der Waals surface area contributed by atoms with E-state index in [0.29, 0.717) is 25.8 Å². The lowest BCUT2D eigenvalue weighted by molar-refractivity contribution is -0.122. The van der Waals surface area contributed by atoms with Gasteiger partial charge in [-0.3, -0.25) is 4.79 Å². The van der Waals surface area contributed by atoms with Gasteiger partial charge in [0, 0.05) is 30.7 Å². The molecule has 0 aliphatic carbocycles. The zero-order valence-corrected chi connectivity index (χ0v) is 17.9. The molecule has 0 unspecified atom stereocenters. The van der Waals surface area contributed by atoms with E-state index in [2.05, 4.69) is 10.6 Å². The molecule has 1 aromatic heterocycles. The summed E-state index contributed by atoms with van der Waals surface area (Å²) in [6, 6.07) is 8.06. The van der Waals surface area contributed by atoms with Gasteiger partial charge in [-0.1, -0.05) is 32.0 Å². The lowest BCUT2D eigenvalue weighted by atomic mass is 9.92. The molecule has 154 valence electrons. The molecule has 2 amide bonds. The molecular weight excluding hydrogens is 354 g/mol. The van der Waals surface area contributed by atoms with E-state index in [1.165, 1.54) is 0 Å². The molecule has 6 heteroatoms. The zero-order chi connectivity index (χ0) is 20.9. The van der Waals surface area contributed by atoms with E-state index in [9.17, 15) is 9.59 Å². The summed E-state index contributed by atoms with van der Waals surface area (Å²) in [7, 11) is 1.98. The van der Waals surface area contributed by atoms with Gasteiger partial charge in [0.1, 0.15) is 5.60 Å². The molecule has 0 saturated carbocycles. The number of para-hydroxylation sites is 1. The average molecular weight is 388 g/mol. The highest BCUT2D eigenvalue weighted by molar-refractivity contribution is 5.89. The maximum atomic E-state index is 12.8. The van der Waals surface area contributed by atoms with E-state index >= 15 is 0 Å². The van der Waals surface area contributed by atoms with E-state index < -0.39 is 17.2 Å². The minimum absolute atomic E-state index is 0.0500. The average Bonchev–Trinajstić information content (AvgIpc) is 2.93. The first-order valence-electron chi connectivity index (χ1n) is 9.90. The Bertz CT molecular complexity index is 829. The number of hydrogen-bond donors (Lipinski definition) is 2. The van der Waals surface area contributed by atoms with Crippen molar-refractivity contribution < 1.29 is 14.3 Å². The molecule has 0 aliphatic heterocycles. The van der Waals surface area contributed by atoms with Crippen LogP contribution in [0.4, 0.5) is 4.79 Å². The number of carbonyl (C=O) groups excluding carboxylic acids is 2. The zero-order valence-electron chi connectivity index (χ0n) is 17.9. The molecule has 2 rings (SSSR count). The molecule has 2 N–H and O–H groups in total. The minimum atomic E-state index is -0.553. The largest absolute Gasteiger partial charge is 0.444 e. The Morgan fingerprint density at radius 1 is 1.11 bits per heavy atom. The van der Waals surface area contributed by atoms with Crippen molar-refractivity contribution in [3.05, 3.63) is 36.0 Å². The van der Waals surface area contributed by atoms with Crippen LogP contribution >= 0.6 is 0 Å². The SMILES string of the molecule is CCC(CC)(CNC(=O)OC(C)(C)C)NC(=O)Cc1cn(C)c2ccccc12. The second kappa shape index (κ2) is 8.67. The molecule has 0 spiro atoms. The molecule has 6 nitrogen and oxygen atoms in total. The van der Waals surface area contributed by atoms with Gasteiger partial charge < -0.3 is 19.9 Å². The molecule has 2 aromatic rings. The lowest BCUT2D eigenvalue weighted by Crippen LogP contribution is -2.55. The van der Waals surface area contributed by atoms with Crippen LogP contribution in [0.1, 0.15) is 53.0 Å². The Morgan fingerprint density at radius 3 is 2.36 bits per heavy atom. The van der Waals surface area contributed by atoms with Crippen LogP contribution < -0.4 is 10.6 Å². The van der Waals surface area contributed by atoms with Gasteiger partial charge in [0.05, 0.1) is 12.0 Å². The van der Waals surface area contributed by atoms with Crippen LogP contribution in [0, 0.1) is 0 Å². The van der Waals surface area contributed by atoms with Gasteiger partial charge in [-0.05, 0) is 45.2 Å². The number of hydrogen-bond acceptors (Lipinski definition) is 3. The number of fused-ring (bicyclic) bond motifs is 1. The van der Waals surface area contributed by atoms with Crippen LogP contribution in [0.15, 0.2) is 30.5 Å². The van der Waals surface area contributed by atoms with Crippen LogP contribution in [-0.4, -0.2) is 34.3 Å². The Kier molecular flexibility index (Phi) is 6.75. The molecule has 0 radical (unpaired) electrons. The van der Waals surface area contributed by atoms with Crippen molar-refractivity contribution in [3.63, 3.8) is 0 Å². The van der Waals surface area contributed by atoms with Crippen molar-refractivity contribution in [2.75, 3.05) is 6.54 Å². The standard InChI is InChI=1S/C22H33N3O3/c1-7-22(8-2,15-23-20(27)28-21(3,4)5)24-19(26)13-16-14-25(6)18-12-10-9-11-17(16)18/h9-12,14H,7-8,13,15H2,1-6H3,(H,23,27)(H,24,26). The molecule has 0 fully saturated rings. The van der Waals surface area contributed by atoms with Crippen LogP contribution in [0.25, 0.3) is 10.9 Å². The Morgan fingerprint density at radius 2 is 1.75 bits per heavy atom. The quantitative estimate of drug-likeness (QED) is 0.756. The van der Waals surface area contributed by atoms with Gasteiger partial charge in [-0.15, -0.1) is 0 Å². The summed E-state index contributed by atoms with van der Waals surface area (Å²) in [5.41, 5.74) is 1.05. The van der Waals surface area contributed by atoms with E-state index in [-0.39, 0.29) is 5.91 Å². The van der Waals surface area contributed by atoms with Gasteiger partial charge in [-0.2, -0.15) is 0 Å². The van der Waals surface area contributed by atoms with Gasteiger partial charge in [0.15, 0.2) is 0 Å². The van der Waals surface area contributed by atoms with Gasteiger partial charge >= 0.3 is 6.09 Å². The molecule has 0 saturated heterocycles. The molecule has 0 aliphatic rings. The molecular formula is C22H33N3O3. The first-order valence-corrected chi connectivity index (χ1v) is 9.90. The normalized spacial score (nSPS) is 12.1. The van der Waals surface area contributed by atoms with Gasteiger partial charge in [0.2, 0.25) is 5.91 Å². The highest BCUT2D eigenvalue weighted by atomic mass is 16.6. The second-order valence-corrected chi connectivity index (χ2v) is 8.35. The molecule has 1 aromatic carbocycles.